The van der Waals surface area contributed by atoms with Crippen LogP contribution in [0.25, 0.3) is 0 Å². The summed E-state index contributed by atoms with van der Waals surface area (Å²) in [6, 6.07) is 3.73. The second-order valence-electron chi connectivity index (χ2n) is 4.28. The summed E-state index contributed by atoms with van der Waals surface area (Å²) in [6.07, 6.45) is 1.70. The van der Waals surface area contributed by atoms with Crippen LogP contribution in [0.1, 0.15) is 17.2 Å². The largest absolute Gasteiger partial charge is 0.493 e. The summed E-state index contributed by atoms with van der Waals surface area (Å²) in [5.41, 5.74) is 0.996. The third kappa shape index (κ3) is 3.43. The summed E-state index contributed by atoms with van der Waals surface area (Å²) in [5.74, 6) is 2.62. The van der Waals surface area contributed by atoms with Crippen LogP contribution >= 0.6 is 11.6 Å². The fourth-order valence-electron chi connectivity index (χ4n) is 1.87. The van der Waals surface area contributed by atoms with E-state index in [9.17, 15) is 0 Å². The van der Waals surface area contributed by atoms with Crippen LogP contribution in [0.4, 0.5) is 0 Å². The Labute approximate surface area is 122 Å². The molecule has 1 aromatic heterocycles. The fourth-order valence-corrected chi connectivity index (χ4v) is 2.18. The molecule has 20 heavy (non-hydrogen) atoms. The molecule has 0 radical (unpaired) electrons. The van der Waals surface area contributed by atoms with E-state index < -0.39 is 0 Å². The van der Waals surface area contributed by atoms with Gasteiger partial charge >= 0.3 is 0 Å². The minimum Gasteiger partial charge on any atom is -0.493 e. The summed E-state index contributed by atoms with van der Waals surface area (Å²) >= 11 is 6.15. The van der Waals surface area contributed by atoms with E-state index in [2.05, 4.69) is 10.3 Å². The zero-order chi connectivity index (χ0) is 14.5. The molecule has 0 amide bonds. The predicted octanol–water partition coefficient (Wildman–Crippen LogP) is 2.94. The van der Waals surface area contributed by atoms with Gasteiger partial charge in [0.1, 0.15) is 5.76 Å². The first kappa shape index (κ1) is 14.7. The molecule has 1 N–H and O–H groups in total. The van der Waals surface area contributed by atoms with Crippen LogP contribution in [0.5, 0.6) is 11.5 Å². The number of oxazole rings is 1. The molecule has 0 aliphatic carbocycles. The SMILES string of the molecule is COc1cc(CNCc2ncc(C)o2)cc(Cl)c1OC. The van der Waals surface area contributed by atoms with E-state index in [0.717, 1.165) is 11.3 Å². The third-order valence-corrected chi connectivity index (χ3v) is 3.05. The lowest BCUT2D eigenvalue weighted by molar-refractivity contribution is 0.354. The zero-order valence-electron chi connectivity index (χ0n) is 11.7. The van der Waals surface area contributed by atoms with Gasteiger partial charge in [0.2, 0.25) is 5.89 Å². The van der Waals surface area contributed by atoms with E-state index in [1.807, 2.05) is 19.1 Å². The van der Waals surface area contributed by atoms with Gasteiger partial charge in [-0.2, -0.15) is 0 Å². The number of benzene rings is 1. The Morgan fingerprint density at radius 3 is 2.65 bits per heavy atom. The van der Waals surface area contributed by atoms with Gasteiger partial charge in [-0.3, -0.25) is 0 Å². The predicted molar refractivity (Wildman–Crippen MR) is 76.3 cm³/mol. The molecular weight excluding hydrogens is 280 g/mol. The number of ether oxygens (including phenoxy) is 2. The van der Waals surface area contributed by atoms with E-state index in [-0.39, 0.29) is 0 Å². The lowest BCUT2D eigenvalue weighted by Crippen LogP contribution is -2.13. The van der Waals surface area contributed by atoms with Crippen molar-refractivity contribution in [2.45, 2.75) is 20.0 Å². The second-order valence-corrected chi connectivity index (χ2v) is 4.69. The number of hydrogen-bond acceptors (Lipinski definition) is 5. The minimum atomic E-state index is 0.524. The first-order valence-corrected chi connectivity index (χ1v) is 6.54. The Kier molecular flexibility index (Phi) is 4.87. The number of nitrogens with one attached hydrogen (secondary N) is 1. The van der Waals surface area contributed by atoms with Gasteiger partial charge in [0.05, 0.1) is 32.0 Å². The van der Waals surface area contributed by atoms with Crippen molar-refractivity contribution in [1.82, 2.24) is 10.3 Å². The van der Waals surface area contributed by atoms with Gasteiger partial charge < -0.3 is 19.2 Å². The maximum Gasteiger partial charge on any atom is 0.208 e. The van der Waals surface area contributed by atoms with Gasteiger partial charge in [0.15, 0.2) is 11.5 Å². The molecule has 1 heterocycles. The van der Waals surface area contributed by atoms with Crippen molar-refractivity contribution in [2.75, 3.05) is 14.2 Å². The van der Waals surface area contributed by atoms with Gasteiger partial charge in [-0.05, 0) is 24.6 Å². The number of nitrogens with zero attached hydrogens (tertiary/aromatic N) is 1. The summed E-state index contributed by atoms with van der Waals surface area (Å²) in [4.78, 5) is 4.13. The molecule has 2 rings (SSSR count). The van der Waals surface area contributed by atoms with Crippen molar-refractivity contribution in [3.8, 4) is 11.5 Å². The molecule has 0 atom stereocenters. The molecule has 1 aromatic carbocycles. The number of aromatic nitrogens is 1. The van der Waals surface area contributed by atoms with Crippen LogP contribution in [0, 0.1) is 6.92 Å². The van der Waals surface area contributed by atoms with Crippen molar-refractivity contribution in [2.24, 2.45) is 0 Å². The second kappa shape index (κ2) is 6.63. The highest BCUT2D eigenvalue weighted by Crippen LogP contribution is 2.35. The van der Waals surface area contributed by atoms with Gasteiger partial charge in [-0.25, -0.2) is 4.98 Å². The average Bonchev–Trinajstić information content (AvgIpc) is 2.83. The summed E-state index contributed by atoms with van der Waals surface area (Å²) in [6.45, 7) is 3.05. The molecule has 5 nitrogen and oxygen atoms in total. The van der Waals surface area contributed by atoms with Crippen LogP contribution in [-0.4, -0.2) is 19.2 Å². The van der Waals surface area contributed by atoms with Crippen LogP contribution in [0.2, 0.25) is 5.02 Å². The average molecular weight is 297 g/mol. The number of hydrogen-bond donors (Lipinski definition) is 1. The third-order valence-electron chi connectivity index (χ3n) is 2.77. The highest BCUT2D eigenvalue weighted by atomic mass is 35.5. The van der Waals surface area contributed by atoms with E-state index >= 15 is 0 Å². The van der Waals surface area contributed by atoms with Crippen LogP contribution < -0.4 is 14.8 Å². The number of halogens is 1. The van der Waals surface area contributed by atoms with Crippen molar-refractivity contribution in [1.29, 1.82) is 0 Å². The lowest BCUT2D eigenvalue weighted by atomic mass is 10.2. The van der Waals surface area contributed by atoms with Crippen molar-refractivity contribution >= 4 is 11.6 Å². The molecule has 0 spiro atoms. The Morgan fingerprint density at radius 2 is 2.05 bits per heavy atom. The molecule has 0 unspecified atom stereocenters. The van der Waals surface area contributed by atoms with Crippen molar-refractivity contribution < 1.29 is 13.9 Å². The highest BCUT2D eigenvalue weighted by molar-refractivity contribution is 6.32. The molecular formula is C14H17ClN2O3. The van der Waals surface area contributed by atoms with E-state index in [0.29, 0.717) is 35.5 Å². The Morgan fingerprint density at radius 1 is 1.25 bits per heavy atom. The highest BCUT2D eigenvalue weighted by Gasteiger charge is 2.10. The molecule has 0 fully saturated rings. The topological polar surface area (TPSA) is 56.5 Å². The molecule has 0 aliphatic heterocycles. The lowest BCUT2D eigenvalue weighted by Gasteiger charge is -2.12. The Bertz CT molecular complexity index is 584. The molecule has 108 valence electrons. The minimum absolute atomic E-state index is 0.524. The summed E-state index contributed by atoms with van der Waals surface area (Å²) in [5, 5.41) is 3.76. The maximum absolute atomic E-state index is 6.15. The number of methoxy groups -OCH3 is 2. The van der Waals surface area contributed by atoms with Crippen molar-refractivity contribution in [3.05, 3.63) is 40.6 Å². The quantitative estimate of drug-likeness (QED) is 0.888. The Hall–Kier alpha value is -1.72. The molecule has 0 saturated heterocycles. The number of rotatable bonds is 6. The van der Waals surface area contributed by atoms with E-state index in [4.69, 9.17) is 25.5 Å². The maximum atomic E-state index is 6.15. The van der Waals surface area contributed by atoms with E-state index in [1.54, 1.807) is 20.4 Å². The van der Waals surface area contributed by atoms with Crippen LogP contribution in [-0.2, 0) is 13.1 Å². The smallest absolute Gasteiger partial charge is 0.208 e. The van der Waals surface area contributed by atoms with Gasteiger partial charge in [-0.1, -0.05) is 11.6 Å². The van der Waals surface area contributed by atoms with Crippen LogP contribution in [0.3, 0.4) is 0 Å². The molecule has 0 bridgehead atoms. The van der Waals surface area contributed by atoms with Gasteiger partial charge in [0, 0.05) is 6.54 Å². The first-order chi connectivity index (χ1) is 9.63. The zero-order valence-corrected chi connectivity index (χ0v) is 12.5. The first-order valence-electron chi connectivity index (χ1n) is 6.16. The number of aryl methyl sites for hydroxylation is 1. The van der Waals surface area contributed by atoms with Gasteiger partial charge in [0.25, 0.3) is 0 Å². The Balaban J connectivity index is 2.01. The summed E-state index contributed by atoms with van der Waals surface area (Å²) < 4.78 is 15.8. The normalized spacial score (nSPS) is 10.6. The molecule has 6 heteroatoms. The monoisotopic (exact) mass is 296 g/mol. The fraction of sp³-hybridized carbons (Fsp3) is 0.357. The standard InChI is InChI=1S/C14H17ClN2O3/c1-9-6-17-13(20-9)8-16-7-10-4-11(15)14(19-3)12(5-10)18-2/h4-6,16H,7-8H2,1-3H3. The van der Waals surface area contributed by atoms with Gasteiger partial charge in [-0.15, -0.1) is 0 Å². The molecule has 0 aliphatic rings. The van der Waals surface area contributed by atoms with Crippen molar-refractivity contribution in [3.63, 3.8) is 0 Å². The van der Waals surface area contributed by atoms with Crippen LogP contribution in [0.15, 0.2) is 22.7 Å². The molecule has 0 saturated carbocycles. The van der Waals surface area contributed by atoms with E-state index in [1.165, 1.54) is 0 Å². The molecule has 2 aromatic rings. The summed E-state index contributed by atoms with van der Waals surface area (Å²) in [7, 11) is 3.15.